The summed E-state index contributed by atoms with van der Waals surface area (Å²) in [5.41, 5.74) is 0. The zero-order valence-electron chi connectivity index (χ0n) is 9.70. The van der Waals surface area contributed by atoms with Gasteiger partial charge in [0.1, 0.15) is 0 Å². The van der Waals surface area contributed by atoms with Crippen molar-refractivity contribution in [1.82, 2.24) is 4.90 Å². The number of hydrogen-bond acceptors (Lipinski definition) is 3. The molecule has 1 rings (SSSR count). The number of rotatable bonds is 6. The van der Waals surface area contributed by atoms with Crippen LogP contribution in [0.4, 0.5) is 0 Å². The van der Waals surface area contributed by atoms with Gasteiger partial charge in [-0.05, 0) is 19.8 Å². The predicted octanol–water partition coefficient (Wildman–Crippen LogP) is 1.05. The normalized spacial score (nSPS) is 20.5. The Morgan fingerprint density at radius 2 is 2.40 bits per heavy atom. The molecule has 0 N–H and O–H groups in total. The Bertz CT molecular complexity index is 190. The van der Waals surface area contributed by atoms with Gasteiger partial charge < -0.3 is 14.4 Å². The minimum Gasteiger partial charge on any atom is -0.378 e. The van der Waals surface area contributed by atoms with Crippen molar-refractivity contribution in [3.05, 3.63) is 0 Å². The molecule has 0 aromatic carbocycles. The van der Waals surface area contributed by atoms with Crippen molar-refractivity contribution in [2.45, 2.75) is 32.3 Å². The maximum absolute atomic E-state index is 11.4. The van der Waals surface area contributed by atoms with Crippen molar-refractivity contribution >= 4 is 5.91 Å². The molecule has 1 amide bonds. The zero-order chi connectivity index (χ0) is 11.1. The van der Waals surface area contributed by atoms with E-state index in [0.29, 0.717) is 19.6 Å². The van der Waals surface area contributed by atoms with E-state index < -0.39 is 0 Å². The molecule has 0 aromatic rings. The number of carbonyl (C=O) groups is 1. The number of carbonyl (C=O) groups excluding carboxylic acids is 1. The largest absolute Gasteiger partial charge is 0.378 e. The molecule has 1 atom stereocenters. The Kier molecular flexibility index (Phi) is 5.65. The van der Waals surface area contributed by atoms with Gasteiger partial charge in [0, 0.05) is 20.2 Å². The van der Waals surface area contributed by atoms with Gasteiger partial charge in [-0.3, -0.25) is 4.79 Å². The Hall–Kier alpha value is -0.610. The smallest absolute Gasteiger partial charge is 0.224 e. The molecular weight excluding hydrogens is 194 g/mol. The topological polar surface area (TPSA) is 38.8 Å². The Morgan fingerprint density at radius 1 is 1.60 bits per heavy atom. The van der Waals surface area contributed by atoms with E-state index in [-0.39, 0.29) is 12.0 Å². The first-order valence-electron chi connectivity index (χ1n) is 5.67. The van der Waals surface area contributed by atoms with Gasteiger partial charge in [-0.1, -0.05) is 0 Å². The van der Waals surface area contributed by atoms with Crippen molar-refractivity contribution in [2.24, 2.45) is 0 Å². The van der Waals surface area contributed by atoms with Gasteiger partial charge in [-0.2, -0.15) is 0 Å². The van der Waals surface area contributed by atoms with Crippen LogP contribution in [0.2, 0.25) is 0 Å². The first-order valence-corrected chi connectivity index (χ1v) is 5.67. The number of hydrogen-bond donors (Lipinski definition) is 0. The number of amides is 1. The second kappa shape index (κ2) is 6.80. The Balaban J connectivity index is 1.98. The monoisotopic (exact) mass is 215 g/mol. The fourth-order valence-corrected chi connectivity index (χ4v) is 1.52. The summed E-state index contributed by atoms with van der Waals surface area (Å²) in [7, 11) is 1.81. The third-order valence-corrected chi connectivity index (χ3v) is 2.69. The Morgan fingerprint density at radius 3 is 3.00 bits per heavy atom. The van der Waals surface area contributed by atoms with Crippen molar-refractivity contribution < 1.29 is 14.3 Å². The van der Waals surface area contributed by atoms with Gasteiger partial charge >= 0.3 is 0 Å². The lowest BCUT2D eigenvalue weighted by atomic mass is 10.2. The van der Waals surface area contributed by atoms with Gasteiger partial charge in [0.25, 0.3) is 0 Å². The predicted molar refractivity (Wildman–Crippen MR) is 57.7 cm³/mol. The van der Waals surface area contributed by atoms with Crippen LogP contribution >= 0.6 is 0 Å². The Labute approximate surface area is 91.5 Å². The van der Waals surface area contributed by atoms with Gasteiger partial charge in [-0.15, -0.1) is 0 Å². The summed E-state index contributed by atoms with van der Waals surface area (Å²) in [5.74, 6) is 0.143. The van der Waals surface area contributed by atoms with Crippen LogP contribution in [-0.4, -0.2) is 50.3 Å². The van der Waals surface area contributed by atoms with Crippen LogP contribution in [0, 0.1) is 0 Å². The average Bonchev–Trinajstić information content (AvgIpc) is 2.75. The fourth-order valence-electron chi connectivity index (χ4n) is 1.52. The molecule has 4 nitrogen and oxygen atoms in total. The van der Waals surface area contributed by atoms with Crippen molar-refractivity contribution in [3.63, 3.8) is 0 Å². The molecule has 4 heteroatoms. The maximum atomic E-state index is 11.4. The van der Waals surface area contributed by atoms with Crippen LogP contribution in [-0.2, 0) is 14.3 Å². The van der Waals surface area contributed by atoms with Gasteiger partial charge in [0.05, 0.1) is 25.7 Å². The highest BCUT2D eigenvalue weighted by Gasteiger charge is 2.15. The number of nitrogens with zero attached hydrogens (tertiary/aromatic N) is 1. The van der Waals surface area contributed by atoms with Gasteiger partial charge in [0.15, 0.2) is 0 Å². The molecule has 0 saturated carbocycles. The highest BCUT2D eigenvalue weighted by Crippen LogP contribution is 2.11. The van der Waals surface area contributed by atoms with Crippen molar-refractivity contribution in [3.8, 4) is 0 Å². The average molecular weight is 215 g/mol. The number of ether oxygens (including phenoxy) is 2. The molecule has 0 bridgehead atoms. The summed E-state index contributed by atoms with van der Waals surface area (Å²) in [6.07, 6.45) is 2.94. The van der Waals surface area contributed by atoms with E-state index in [1.807, 2.05) is 14.0 Å². The third kappa shape index (κ3) is 4.62. The second-order valence-corrected chi connectivity index (χ2v) is 3.87. The lowest BCUT2D eigenvalue weighted by Crippen LogP contribution is -2.27. The van der Waals surface area contributed by atoms with Gasteiger partial charge in [-0.25, -0.2) is 0 Å². The van der Waals surface area contributed by atoms with E-state index in [1.54, 1.807) is 4.90 Å². The van der Waals surface area contributed by atoms with E-state index in [9.17, 15) is 4.79 Å². The van der Waals surface area contributed by atoms with E-state index in [1.165, 1.54) is 0 Å². The highest BCUT2D eigenvalue weighted by molar-refractivity contribution is 5.75. The lowest BCUT2D eigenvalue weighted by Gasteiger charge is -2.15. The molecule has 1 unspecified atom stereocenters. The van der Waals surface area contributed by atoms with E-state index in [4.69, 9.17) is 9.47 Å². The van der Waals surface area contributed by atoms with Crippen LogP contribution in [0.3, 0.4) is 0 Å². The van der Waals surface area contributed by atoms with E-state index in [2.05, 4.69) is 0 Å². The molecule has 0 aromatic heterocycles. The first kappa shape index (κ1) is 12.5. The standard InChI is InChI=1S/C11H21NO3/c1-3-12(2)11(13)6-8-14-9-10-5-4-7-15-10/h10H,3-9H2,1-2H3. The molecule has 1 heterocycles. The molecule has 0 radical (unpaired) electrons. The minimum atomic E-state index is 0.143. The summed E-state index contributed by atoms with van der Waals surface area (Å²) in [6.45, 7) is 4.70. The SMILES string of the molecule is CCN(C)C(=O)CCOCC1CCCO1. The van der Waals surface area contributed by atoms with Crippen LogP contribution < -0.4 is 0 Å². The molecule has 88 valence electrons. The van der Waals surface area contributed by atoms with Crippen molar-refractivity contribution in [2.75, 3.05) is 33.4 Å². The molecular formula is C11H21NO3. The third-order valence-electron chi connectivity index (χ3n) is 2.69. The van der Waals surface area contributed by atoms with Crippen LogP contribution in [0.1, 0.15) is 26.2 Å². The summed E-state index contributed by atoms with van der Waals surface area (Å²) in [5, 5.41) is 0. The molecule has 1 saturated heterocycles. The summed E-state index contributed by atoms with van der Waals surface area (Å²) >= 11 is 0. The lowest BCUT2D eigenvalue weighted by molar-refractivity contribution is -0.131. The fraction of sp³-hybridized carbons (Fsp3) is 0.909. The maximum Gasteiger partial charge on any atom is 0.224 e. The van der Waals surface area contributed by atoms with E-state index in [0.717, 1.165) is 26.0 Å². The van der Waals surface area contributed by atoms with Crippen LogP contribution in [0.5, 0.6) is 0 Å². The summed E-state index contributed by atoms with van der Waals surface area (Å²) in [4.78, 5) is 13.1. The summed E-state index contributed by atoms with van der Waals surface area (Å²) in [6, 6.07) is 0. The van der Waals surface area contributed by atoms with E-state index >= 15 is 0 Å². The first-order chi connectivity index (χ1) is 7.24. The van der Waals surface area contributed by atoms with Gasteiger partial charge in [0.2, 0.25) is 5.91 Å². The molecule has 0 spiro atoms. The quantitative estimate of drug-likeness (QED) is 0.622. The second-order valence-electron chi connectivity index (χ2n) is 3.87. The molecule has 1 aliphatic rings. The zero-order valence-corrected chi connectivity index (χ0v) is 9.70. The molecule has 1 aliphatic heterocycles. The molecule has 15 heavy (non-hydrogen) atoms. The molecule has 0 aliphatic carbocycles. The van der Waals surface area contributed by atoms with Crippen LogP contribution in [0.15, 0.2) is 0 Å². The molecule has 1 fully saturated rings. The van der Waals surface area contributed by atoms with Crippen molar-refractivity contribution in [1.29, 1.82) is 0 Å². The minimum absolute atomic E-state index is 0.143. The summed E-state index contributed by atoms with van der Waals surface area (Å²) < 4.78 is 10.8. The highest BCUT2D eigenvalue weighted by atomic mass is 16.5. The van der Waals surface area contributed by atoms with Crippen LogP contribution in [0.25, 0.3) is 0 Å².